The largest absolute Gasteiger partial charge is 0.478 e. The number of hydrogen-bond donors (Lipinski definition) is 2. The molecule has 146 valence electrons. The average Bonchev–Trinajstić information content (AvgIpc) is 2.87. The van der Waals surface area contributed by atoms with Crippen LogP contribution < -0.4 is 4.74 Å². The van der Waals surface area contributed by atoms with Crippen LogP contribution in [0, 0.1) is 13.8 Å². The Morgan fingerprint density at radius 3 is 2.25 bits per heavy atom. The highest BCUT2D eigenvalue weighted by molar-refractivity contribution is 5.95. The van der Waals surface area contributed by atoms with Gasteiger partial charge in [0.15, 0.2) is 5.60 Å². The summed E-state index contributed by atoms with van der Waals surface area (Å²) in [7, 11) is 0. The van der Waals surface area contributed by atoms with Crippen LogP contribution in [0.3, 0.4) is 0 Å². The van der Waals surface area contributed by atoms with Crippen molar-refractivity contribution in [2.24, 2.45) is 0 Å². The minimum atomic E-state index is -1.30. The van der Waals surface area contributed by atoms with E-state index in [2.05, 4.69) is 4.57 Å². The molecule has 2 aromatic carbocycles. The van der Waals surface area contributed by atoms with E-state index in [-0.39, 0.29) is 5.56 Å². The summed E-state index contributed by atoms with van der Waals surface area (Å²) >= 11 is 0. The molecule has 3 aromatic rings. The maximum atomic E-state index is 11.3. The molecule has 0 spiro atoms. The highest BCUT2D eigenvalue weighted by Crippen LogP contribution is 2.28. The third-order valence-corrected chi connectivity index (χ3v) is 5.04. The second-order valence-corrected chi connectivity index (χ2v) is 7.40. The zero-order chi connectivity index (χ0) is 20.6. The Morgan fingerprint density at radius 1 is 1.04 bits per heavy atom. The van der Waals surface area contributed by atoms with Crippen molar-refractivity contribution in [3.05, 3.63) is 64.8 Å². The fraction of sp³-hybridized carbons (Fsp3) is 0.273. The summed E-state index contributed by atoms with van der Waals surface area (Å²) in [5.41, 5.74) is 3.12. The van der Waals surface area contributed by atoms with E-state index in [1.54, 1.807) is 24.3 Å². The number of rotatable bonds is 6. The van der Waals surface area contributed by atoms with Gasteiger partial charge in [0.2, 0.25) is 0 Å². The molecule has 0 amide bonds. The summed E-state index contributed by atoms with van der Waals surface area (Å²) in [4.78, 5) is 22.5. The first-order valence-electron chi connectivity index (χ1n) is 8.94. The summed E-state index contributed by atoms with van der Waals surface area (Å²) in [6.45, 7) is 7.64. The molecule has 0 bridgehead atoms. The van der Waals surface area contributed by atoms with Gasteiger partial charge >= 0.3 is 11.9 Å². The van der Waals surface area contributed by atoms with Gasteiger partial charge in [-0.3, -0.25) is 0 Å². The normalized spacial score (nSPS) is 11.6. The minimum absolute atomic E-state index is 0.273. The lowest BCUT2D eigenvalue weighted by atomic mass is 10.1. The molecule has 0 aliphatic carbocycles. The van der Waals surface area contributed by atoms with Crippen molar-refractivity contribution >= 4 is 22.8 Å². The molecule has 0 unspecified atom stereocenters. The molecule has 0 atom stereocenters. The molecular weight excluding hydrogens is 358 g/mol. The van der Waals surface area contributed by atoms with Gasteiger partial charge in [-0.2, -0.15) is 0 Å². The van der Waals surface area contributed by atoms with Crippen molar-refractivity contribution < 1.29 is 24.5 Å². The maximum absolute atomic E-state index is 11.3. The zero-order valence-corrected chi connectivity index (χ0v) is 16.3. The van der Waals surface area contributed by atoms with Gasteiger partial charge in [-0.25, -0.2) is 9.59 Å². The Kier molecular flexibility index (Phi) is 4.89. The van der Waals surface area contributed by atoms with E-state index in [1.807, 2.05) is 32.0 Å². The molecule has 28 heavy (non-hydrogen) atoms. The first kappa shape index (κ1) is 19.5. The number of fused-ring (bicyclic) bond motifs is 1. The number of aryl methyl sites for hydroxylation is 1. The summed E-state index contributed by atoms with van der Waals surface area (Å²) < 4.78 is 7.69. The van der Waals surface area contributed by atoms with Crippen LogP contribution >= 0.6 is 0 Å². The van der Waals surface area contributed by atoms with Gasteiger partial charge in [0, 0.05) is 23.1 Å². The number of carbonyl (C=O) groups is 2. The minimum Gasteiger partial charge on any atom is -0.478 e. The lowest BCUT2D eigenvalue weighted by Gasteiger charge is -2.21. The fourth-order valence-electron chi connectivity index (χ4n) is 3.17. The molecule has 0 saturated heterocycles. The van der Waals surface area contributed by atoms with Crippen molar-refractivity contribution in [1.82, 2.24) is 4.57 Å². The number of aromatic carboxylic acids is 1. The number of ether oxygens (including phenoxy) is 1. The maximum Gasteiger partial charge on any atom is 0.347 e. The van der Waals surface area contributed by atoms with E-state index >= 15 is 0 Å². The van der Waals surface area contributed by atoms with E-state index in [1.165, 1.54) is 13.8 Å². The number of benzene rings is 2. The van der Waals surface area contributed by atoms with Crippen molar-refractivity contribution in [1.29, 1.82) is 0 Å². The van der Waals surface area contributed by atoms with Crippen LogP contribution in [0.25, 0.3) is 10.9 Å². The van der Waals surface area contributed by atoms with Gasteiger partial charge in [-0.05, 0) is 69.2 Å². The first-order valence-corrected chi connectivity index (χ1v) is 8.94. The van der Waals surface area contributed by atoms with Crippen molar-refractivity contribution in [3.8, 4) is 5.75 Å². The lowest BCUT2D eigenvalue weighted by Crippen LogP contribution is -2.37. The van der Waals surface area contributed by atoms with Crippen molar-refractivity contribution in [2.75, 3.05) is 0 Å². The molecule has 0 aliphatic heterocycles. The van der Waals surface area contributed by atoms with Crippen LogP contribution in [-0.2, 0) is 11.3 Å². The van der Waals surface area contributed by atoms with Gasteiger partial charge in [0.05, 0.1) is 5.56 Å². The summed E-state index contributed by atoms with van der Waals surface area (Å²) in [5.74, 6) is -1.47. The number of carboxylic acids is 2. The van der Waals surface area contributed by atoms with Crippen LogP contribution in [0.5, 0.6) is 5.75 Å². The Balaban J connectivity index is 1.90. The van der Waals surface area contributed by atoms with Crippen LogP contribution in [0.4, 0.5) is 0 Å². The summed E-state index contributed by atoms with van der Waals surface area (Å²) in [6, 6.07) is 12.5. The van der Waals surface area contributed by atoms with Gasteiger partial charge < -0.3 is 19.5 Å². The smallest absolute Gasteiger partial charge is 0.347 e. The zero-order valence-electron chi connectivity index (χ0n) is 16.3. The van der Waals surface area contributed by atoms with Crippen molar-refractivity contribution in [2.45, 2.75) is 39.8 Å². The Bertz CT molecular complexity index is 1060. The van der Waals surface area contributed by atoms with E-state index in [0.29, 0.717) is 12.3 Å². The summed E-state index contributed by atoms with van der Waals surface area (Å²) in [6.07, 6.45) is 0. The van der Waals surface area contributed by atoms with Crippen LogP contribution in [-0.4, -0.2) is 32.3 Å². The molecule has 0 saturated carbocycles. The first-order chi connectivity index (χ1) is 13.1. The summed E-state index contributed by atoms with van der Waals surface area (Å²) in [5, 5.41) is 19.3. The number of nitrogens with zero attached hydrogens (tertiary/aromatic N) is 1. The van der Waals surface area contributed by atoms with Crippen LogP contribution in [0.2, 0.25) is 0 Å². The number of aliphatic carboxylic acids is 1. The SMILES string of the molecule is Cc1c(C)n(Cc2ccc(OC(C)(C)C(=O)O)cc2)c2ccc(C(=O)O)cc12. The van der Waals surface area contributed by atoms with E-state index < -0.39 is 17.5 Å². The van der Waals surface area contributed by atoms with Crippen LogP contribution in [0.15, 0.2) is 42.5 Å². The standard InChI is InChI=1S/C22H23NO5/c1-13-14(2)23(19-10-7-16(20(24)25)11-18(13)19)12-15-5-8-17(9-6-15)28-22(3,4)21(26)27/h5-11H,12H2,1-4H3,(H,24,25)(H,26,27). The molecule has 1 aromatic heterocycles. The predicted molar refractivity (Wildman–Crippen MR) is 106 cm³/mol. The van der Waals surface area contributed by atoms with E-state index in [0.717, 1.165) is 27.7 Å². The fourth-order valence-corrected chi connectivity index (χ4v) is 3.17. The molecule has 0 aliphatic rings. The Labute approximate surface area is 163 Å². The molecular formula is C22H23NO5. The molecule has 6 heteroatoms. The molecule has 2 N–H and O–H groups in total. The molecule has 0 fully saturated rings. The molecule has 6 nitrogen and oxygen atoms in total. The monoisotopic (exact) mass is 381 g/mol. The van der Waals surface area contributed by atoms with E-state index in [4.69, 9.17) is 4.74 Å². The predicted octanol–water partition coefficient (Wildman–Crippen LogP) is 4.25. The lowest BCUT2D eigenvalue weighted by molar-refractivity contribution is -0.152. The third kappa shape index (κ3) is 3.58. The third-order valence-electron chi connectivity index (χ3n) is 5.04. The second-order valence-electron chi connectivity index (χ2n) is 7.40. The van der Waals surface area contributed by atoms with Gasteiger partial charge in [-0.1, -0.05) is 12.1 Å². The molecule has 3 rings (SSSR count). The average molecular weight is 381 g/mol. The van der Waals surface area contributed by atoms with Crippen molar-refractivity contribution in [3.63, 3.8) is 0 Å². The highest BCUT2D eigenvalue weighted by Gasteiger charge is 2.29. The van der Waals surface area contributed by atoms with E-state index in [9.17, 15) is 19.8 Å². The topological polar surface area (TPSA) is 88.8 Å². The van der Waals surface area contributed by atoms with Gasteiger partial charge in [-0.15, -0.1) is 0 Å². The Morgan fingerprint density at radius 2 is 1.68 bits per heavy atom. The highest BCUT2D eigenvalue weighted by atomic mass is 16.5. The number of aromatic nitrogens is 1. The second kappa shape index (κ2) is 7.03. The number of carboxylic acid groups (broad SMARTS) is 2. The Hall–Kier alpha value is -3.28. The molecule has 0 radical (unpaired) electrons. The van der Waals surface area contributed by atoms with Crippen LogP contribution in [0.1, 0.15) is 41.0 Å². The number of hydrogen-bond acceptors (Lipinski definition) is 3. The molecule has 1 heterocycles. The van der Waals surface area contributed by atoms with Gasteiger partial charge in [0.25, 0.3) is 0 Å². The quantitative estimate of drug-likeness (QED) is 0.666. The van der Waals surface area contributed by atoms with Gasteiger partial charge in [0.1, 0.15) is 5.75 Å².